The summed E-state index contributed by atoms with van der Waals surface area (Å²) in [5.74, 6) is -0.0638. The summed E-state index contributed by atoms with van der Waals surface area (Å²) in [6.45, 7) is 0.213. The predicted octanol–water partition coefficient (Wildman–Crippen LogP) is 3.44. The van der Waals surface area contributed by atoms with Crippen LogP contribution >= 0.6 is 0 Å². The number of benzene rings is 2. The van der Waals surface area contributed by atoms with E-state index >= 15 is 0 Å². The number of amides is 1. The summed E-state index contributed by atoms with van der Waals surface area (Å²) in [4.78, 5) is 25.9. The van der Waals surface area contributed by atoms with Gasteiger partial charge in [0, 0.05) is 11.5 Å². The van der Waals surface area contributed by atoms with Gasteiger partial charge in [-0.15, -0.1) is 0 Å². The molecule has 7 heteroatoms. The van der Waals surface area contributed by atoms with E-state index in [4.69, 9.17) is 9.47 Å². The van der Waals surface area contributed by atoms with E-state index in [0.29, 0.717) is 11.3 Å². The second-order valence-corrected chi connectivity index (χ2v) is 6.98. The molecule has 0 saturated heterocycles. The predicted molar refractivity (Wildman–Crippen MR) is 101 cm³/mol. The Morgan fingerprint density at radius 1 is 1.18 bits per heavy atom. The first-order valence-electron chi connectivity index (χ1n) is 9.09. The molecule has 2 aromatic carbocycles. The van der Waals surface area contributed by atoms with E-state index in [1.807, 2.05) is 30.3 Å². The Balaban J connectivity index is 1.74. The van der Waals surface area contributed by atoms with Gasteiger partial charge in [-0.1, -0.05) is 42.5 Å². The van der Waals surface area contributed by atoms with Crippen LogP contribution in [0.15, 0.2) is 66.7 Å². The number of nitrogens with zero attached hydrogens (tertiary/aromatic N) is 2. The van der Waals surface area contributed by atoms with Crippen LogP contribution in [0.4, 0.5) is 0 Å². The molecule has 1 aliphatic heterocycles. The Morgan fingerprint density at radius 3 is 2.43 bits per heavy atom. The molecule has 0 bridgehead atoms. The van der Waals surface area contributed by atoms with Crippen molar-refractivity contribution in [3.8, 4) is 5.75 Å². The molecule has 1 atom stereocenters. The van der Waals surface area contributed by atoms with Gasteiger partial charge in [-0.3, -0.25) is 14.9 Å². The SMILES string of the molecule is COc1ccc(CN2C=C([N+](=O)[O-])OC(c3ccccc3)(C3CC3)C2=O)cc1. The van der Waals surface area contributed by atoms with Crippen LogP contribution in [-0.2, 0) is 21.7 Å². The summed E-state index contributed by atoms with van der Waals surface area (Å²) >= 11 is 0. The minimum atomic E-state index is -1.36. The molecule has 0 aromatic heterocycles. The van der Waals surface area contributed by atoms with Gasteiger partial charge in [-0.05, 0) is 30.5 Å². The molecule has 1 unspecified atom stereocenters. The Labute approximate surface area is 162 Å². The van der Waals surface area contributed by atoms with Gasteiger partial charge in [0.2, 0.25) is 5.60 Å². The highest BCUT2D eigenvalue weighted by atomic mass is 16.7. The number of nitro groups is 1. The van der Waals surface area contributed by atoms with Crippen molar-refractivity contribution in [1.29, 1.82) is 0 Å². The number of carbonyl (C=O) groups excluding carboxylic acids is 1. The number of ether oxygens (including phenoxy) is 2. The van der Waals surface area contributed by atoms with Crippen molar-refractivity contribution in [1.82, 2.24) is 4.90 Å². The van der Waals surface area contributed by atoms with Gasteiger partial charge in [0.05, 0.1) is 13.7 Å². The summed E-state index contributed by atoms with van der Waals surface area (Å²) in [6, 6.07) is 16.3. The van der Waals surface area contributed by atoms with Gasteiger partial charge in [-0.25, -0.2) is 0 Å². The highest BCUT2D eigenvalue weighted by molar-refractivity contribution is 5.89. The number of hydrogen-bond acceptors (Lipinski definition) is 5. The second kappa shape index (κ2) is 6.99. The molecule has 2 aliphatic rings. The fraction of sp³-hybridized carbons (Fsp3) is 0.286. The largest absolute Gasteiger partial charge is 0.497 e. The third-order valence-corrected chi connectivity index (χ3v) is 5.16. The van der Waals surface area contributed by atoms with Crippen LogP contribution < -0.4 is 4.74 Å². The quantitative estimate of drug-likeness (QED) is 0.566. The van der Waals surface area contributed by atoms with Crippen LogP contribution in [0.2, 0.25) is 0 Å². The van der Waals surface area contributed by atoms with Gasteiger partial charge >= 0.3 is 5.88 Å². The molecule has 7 nitrogen and oxygen atoms in total. The molecule has 2 aromatic rings. The van der Waals surface area contributed by atoms with E-state index in [2.05, 4.69) is 0 Å². The average molecular weight is 380 g/mol. The summed E-state index contributed by atoms with van der Waals surface area (Å²) in [7, 11) is 1.58. The van der Waals surface area contributed by atoms with E-state index in [1.54, 1.807) is 31.4 Å². The van der Waals surface area contributed by atoms with Crippen molar-refractivity contribution < 1.29 is 19.2 Å². The topological polar surface area (TPSA) is 81.9 Å². The monoisotopic (exact) mass is 380 g/mol. The Hall–Kier alpha value is -3.35. The lowest BCUT2D eigenvalue weighted by Gasteiger charge is -2.38. The fourth-order valence-corrected chi connectivity index (χ4v) is 3.62. The zero-order valence-electron chi connectivity index (χ0n) is 15.4. The van der Waals surface area contributed by atoms with Crippen LogP contribution in [0.1, 0.15) is 24.0 Å². The second-order valence-electron chi connectivity index (χ2n) is 6.98. The van der Waals surface area contributed by atoms with Gasteiger partial charge < -0.3 is 14.4 Å². The number of methoxy groups -OCH3 is 1. The molecule has 1 amide bonds. The van der Waals surface area contributed by atoms with Crippen LogP contribution in [0.25, 0.3) is 0 Å². The smallest absolute Gasteiger partial charge is 0.446 e. The highest BCUT2D eigenvalue weighted by Gasteiger charge is 2.59. The van der Waals surface area contributed by atoms with Crippen LogP contribution in [-0.4, -0.2) is 22.8 Å². The highest BCUT2D eigenvalue weighted by Crippen LogP contribution is 2.52. The van der Waals surface area contributed by atoms with E-state index in [1.165, 1.54) is 11.1 Å². The number of hydrogen-bond donors (Lipinski definition) is 0. The van der Waals surface area contributed by atoms with Crippen molar-refractivity contribution in [2.45, 2.75) is 25.0 Å². The molecular formula is C21H20N2O5. The van der Waals surface area contributed by atoms with Crippen molar-refractivity contribution in [3.05, 3.63) is 87.9 Å². The van der Waals surface area contributed by atoms with Gasteiger partial charge in [0.15, 0.2) is 0 Å². The number of carbonyl (C=O) groups is 1. The lowest BCUT2D eigenvalue weighted by molar-refractivity contribution is -0.475. The van der Waals surface area contributed by atoms with E-state index in [-0.39, 0.29) is 18.4 Å². The standard InChI is InChI=1S/C21H20N2O5/c1-27-18-11-7-15(8-12-18)13-22-14-19(23(25)26)28-21(20(22)24,17-9-10-17)16-5-3-2-4-6-16/h2-8,11-12,14,17H,9-10,13H2,1H3. The van der Waals surface area contributed by atoms with Gasteiger partial charge in [0.1, 0.15) is 16.9 Å². The Bertz CT molecular complexity index is 922. The van der Waals surface area contributed by atoms with Crippen molar-refractivity contribution in [2.75, 3.05) is 7.11 Å². The van der Waals surface area contributed by atoms with Crippen LogP contribution in [0.5, 0.6) is 5.75 Å². The third-order valence-electron chi connectivity index (χ3n) is 5.16. The van der Waals surface area contributed by atoms with Crippen LogP contribution in [0, 0.1) is 16.0 Å². The Morgan fingerprint density at radius 2 is 1.86 bits per heavy atom. The van der Waals surface area contributed by atoms with E-state index < -0.39 is 16.4 Å². The Kier molecular flexibility index (Phi) is 4.50. The summed E-state index contributed by atoms with van der Waals surface area (Å²) in [5, 5.41) is 11.6. The molecular weight excluding hydrogens is 360 g/mol. The molecule has 1 fully saturated rings. The molecule has 28 heavy (non-hydrogen) atoms. The normalized spacial score (nSPS) is 21.7. The molecule has 4 rings (SSSR count). The first kappa shape index (κ1) is 18.0. The first-order chi connectivity index (χ1) is 13.5. The maximum Gasteiger partial charge on any atom is 0.446 e. The van der Waals surface area contributed by atoms with Gasteiger partial charge in [0.25, 0.3) is 5.91 Å². The van der Waals surface area contributed by atoms with Crippen molar-refractivity contribution >= 4 is 5.91 Å². The zero-order valence-corrected chi connectivity index (χ0v) is 15.4. The lowest BCUT2D eigenvalue weighted by atomic mass is 9.86. The van der Waals surface area contributed by atoms with E-state index in [0.717, 1.165) is 18.4 Å². The molecule has 144 valence electrons. The third kappa shape index (κ3) is 3.09. The first-order valence-corrected chi connectivity index (χ1v) is 9.09. The summed E-state index contributed by atoms with van der Waals surface area (Å²) < 4.78 is 11.0. The summed E-state index contributed by atoms with van der Waals surface area (Å²) in [5.41, 5.74) is 0.132. The molecule has 0 radical (unpaired) electrons. The minimum Gasteiger partial charge on any atom is -0.497 e. The average Bonchev–Trinajstić information content (AvgIpc) is 3.56. The van der Waals surface area contributed by atoms with Crippen LogP contribution in [0.3, 0.4) is 0 Å². The molecule has 1 saturated carbocycles. The molecule has 0 N–H and O–H groups in total. The van der Waals surface area contributed by atoms with Gasteiger partial charge in [-0.2, -0.15) is 0 Å². The maximum absolute atomic E-state index is 13.5. The zero-order chi connectivity index (χ0) is 19.7. The maximum atomic E-state index is 13.5. The molecule has 0 spiro atoms. The lowest BCUT2D eigenvalue weighted by Crippen LogP contribution is -2.51. The molecule has 1 aliphatic carbocycles. The van der Waals surface area contributed by atoms with E-state index in [9.17, 15) is 14.9 Å². The number of rotatable bonds is 6. The fourth-order valence-electron chi connectivity index (χ4n) is 3.62. The van der Waals surface area contributed by atoms with Crippen molar-refractivity contribution in [3.63, 3.8) is 0 Å². The minimum absolute atomic E-state index is 0.0792. The van der Waals surface area contributed by atoms with Crippen molar-refractivity contribution in [2.24, 2.45) is 5.92 Å². The summed E-state index contributed by atoms with van der Waals surface area (Å²) in [6.07, 6.45) is 2.78. The molecule has 1 heterocycles.